The van der Waals surface area contributed by atoms with Gasteiger partial charge in [-0.25, -0.2) is 4.57 Å². The normalized spacial score (nSPS) is 10.7. The Balaban J connectivity index is -0.000000578. The second-order valence-electron chi connectivity index (χ2n) is 5.66. The zero-order valence-corrected chi connectivity index (χ0v) is 15.4. The van der Waals surface area contributed by atoms with E-state index in [2.05, 4.69) is 13.8 Å². The molecule has 0 amide bonds. The fourth-order valence-corrected chi connectivity index (χ4v) is 2.07. The first-order valence-corrected chi connectivity index (χ1v) is 10.3. The van der Waals surface area contributed by atoms with Crippen molar-refractivity contribution in [2.75, 3.05) is 13.2 Å². The van der Waals surface area contributed by atoms with Gasteiger partial charge in [-0.2, -0.15) is 0 Å². The fourth-order valence-electron chi connectivity index (χ4n) is 2.07. The number of hydrogen-bond donors (Lipinski definition) is 3. The van der Waals surface area contributed by atoms with Gasteiger partial charge < -0.3 is 19.4 Å². The van der Waals surface area contributed by atoms with Gasteiger partial charge in [-0.1, -0.05) is 78.1 Å². The third-order valence-electron chi connectivity index (χ3n) is 3.28. The van der Waals surface area contributed by atoms with Gasteiger partial charge in [0.2, 0.25) is 0 Å². The summed E-state index contributed by atoms with van der Waals surface area (Å²) in [5.74, 6) is 0. The predicted molar refractivity (Wildman–Crippen MR) is 99.0 cm³/mol. The first-order chi connectivity index (χ1) is 10.4. The SMILES string of the molecule is CCCCCCCCOCCCCCCCC.O=P(O)(O)O.[KH]. The summed E-state index contributed by atoms with van der Waals surface area (Å²) in [4.78, 5) is 21.6. The van der Waals surface area contributed by atoms with Crippen LogP contribution in [-0.4, -0.2) is 79.3 Å². The summed E-state index contributed by atoms with van der Waals surface area (Å²) in [6.07, 6.45) is 16.3. The van der Waals surface area contributed by atoms with Gasteiger partial charge in [-0.15, -0.1) is 0 Å². The Morgan fingerprint density at radius 1 is 0.652 bits per heavy atom. The van der Waals surface area contributed by atoms with Crippen molar-refractivity contribution < 1.29 is 24.0 Å². The average Bonchev–Trinajstić information content (AvgIpc) is 2.42. The quantitative estimate of drug-likeness (QED) is 0.239. The van der Waals surface area contributed by atoms with Crippen LogP contribution in [0.2, 0.25) is 0 Å². The van der Waals surface area contributed by atoms with E-state index in [4.69, 9.17) is 24.0 Å². The van der Waals surface area contributed by atoms with Crippen molar-refractivity contribution >= 4 is 59.2 Å². The van der Waals surface area contributed by atoms with Gasteiger partial charge in [0.15, 0.2) is 0 Å². The summed E-state index contributed by atoms with van der Waals surface area (Å²) < 4.78 is 14.5. The maximum atomic E-state index is 8.88. The molecule has 0 aromatic rings. The molecule has 0 aromatic carbocycles. The molecule has 0 saturated carbocycles. The van der Waals surface area contributed by atoms with Crippen molar-refractivity contribution in [3.63, 3.8) is 0 Å². The molecule has 0 atom stereocenters. The van der Waals surface area contributed by atoms with Crippen molar-refractivity contribution in [1.29, 1.82) is 0 Å². The van der Waals surface area contributed by atoms with Gasteiger partial charge in [0.1, 0.15) is 0 Å². The molecule has 0 aromatic heterocycles. The van der Waals surface area contributed by atoms with Crippen molar-refractivity contribution in [3.05, 3.63) is 0 Å². The summed E-state index contributed by atoms with van der Waals surface area (Å²) in [5.41, 5.74) is 0. The molecule has 0 aliphatic carbocycles. The van der Waals surface area contributed by atoms with Crippen molar-refractivity contribution in [3.8, 4) is 0 Å². The molecule has 7 heteroatoms. The van der Waals surface area contributed by atoms with Crippen LogP contribution in [0.1, 0.15) is 90.9 Å². The minimum absolute atomic E-state index is 0. The molecule has 0 heterocycles. The number of hydrogen-bond acceptors (Lipinski definition) is 2. The van der Waals surface area contributed by atoms with Crippen LogP contribution in [0.4, 0.5) is 0 Å². The van der Waals surface area contributed by atoms with E-state index in [1.165, 1.54) is 77.0 Å². The first-order valence-electron chi connectivity index (χ1n) is 8.77. The summed E-state index contributed by atoms with van der Waals surface area (Å²) in [6.45, 7) is 6.51. The van der Waals surface area contributed by atoms with Crippen LogP contribution in [0.5, 0.6) is 0 Å². The molecule has 138 valence electrons. The van der Waals surface area contributed by atoms with Crippen LogP contribution in [0, 0.1) is 0 Å². The Morgan fingerprint density at radius 3 is 1.22 bits per heavy atom. The van der Waals surface area contributed by atoms with Gasteiger partial charge in [-0.3, -0.25) is 0 Å². The Kier molecular flexibility index (Phi) is 30.4. The molecule has 0 aliphatic rings. The zero-order chi connectivity index (χ0) is 17.1. The molecule has 0 aliphatic heterocycles. The monoisotopic (exact) mass is 380 g/mol. The molecule has 5 nitrogen and oxygen atoms in total. The van der Waals surface area contributed by atoms with Crippen molar-refractivity contribution in [1.82, 2.24) is 0 Å². The molecular formula is C16H38KO5P. The molecule has 0 fully saturated rings. The van der Waals surface area contributed by atoms with E-state index >= 15 is 0 Å². The van der Waals surface area contributed by atoms with Crippen LogP contribution in [0.15, 0.2) is 0 Å². The zero-order valence-electron chi connectivity index (χ0n) is 14.5. The Morgan fingerprint density at radius 2 is 0.913 bits per heavy atom. The molecule has 23 heavy (non-hydrogen) atoms. The molecule has 0 radical (unpaired) electrons. The van der Waals surface area contributed by atoms with Crippen molar-refractivity contribution in [2.45, 2.75) is 90.9 Å². The summed E-state index contributed by atoms with van der Waals surface area (Å²) in [6, 6.07) is 0. The number of unbranched alkanes of at least 4 members (excludes halogenated alkanes) is 10. The van der Waals surface area contributed by atoms with E-state index in [0.717, 1.165) is 13.2 Å². The Hall–Kier alpha value is 1.71. The second-order valence-corrected chi connectivity index (χ2v) is 6.69. The number of ether oxygens (including phenoxy) is 1. The van der Waals surface area contributed by atoms with E-state index < -0.39 is 7.82 Å². The van der Waals surface area contributed by atoms with E-state index in [1.807, 2.05) is 0 Å². The van der Waals surface area contributed by atoms with Crippen molar-refractivity contribution in [2.24, 2.45) is 0 Å². The second kappa shape index (κ2) is 23.7. The topological polar surface area (TPSA) is 87.0 Å². The van der Waals surface area contributed by atoms with E-state index in [9.17, 15) is 0 Å². The van der Waals surface area contributed by atoms with Gasteiger partial charge >= 0.3 is 59.2 Å². The van der Waals surface area contributed by atoms with Crippen LogP contribution < -0.4 is 0 Å². The molecule has 0 spiro atoms. The Labute approximate surface area is 185 Å². The summed E-state index contributed by atoms with van der Waals surface area (Å²) >= 11 is 0. The van der Waals surface area contributed by atoms with Crippen LogP contribution >= 0.6 is 7.82 Å². The summed E-state index contributed by atoms with van der Waals surface area (Å²) in [7, 11) is -4.64. The Bertz CT molecular complexity index is 226. The van der Waals surface area contributed by atoms with Crippen LogP contribution in [0.3, 0.4) is 0 Å². The number of phosphoric acid groups is 1. The molecule has 0 unspecified atom stereocenters. The molecule has 0 bridgehead atoms. The van der Waals surface area contributed by atoms with E-state index in [1.54, 1.807) is 0 Å². The van der Waals surface area contributed by atoms with E-state index in [-0.39, 0.29) is 51.4 Å². The summed E-state index contributed by atoms with van der Waals surface area (Å²) in [5, 5.41) is 0. The molecule has 3 N–H and O–H groups in total. The molecule has 0 rings (SSSR count). The van der Waals surface area contributed by atoms with Gasteiger partial charge in [-0.05, 0) is 12.8 Å². The van der Waals surface area contributed by atoms with Crippen LogP contribution in [-0.2, 0) is 9.30 Å². The van der Waals surface area contributed by atoms with Gasteiger partial charge in [0, 0.05) is 13.2 Å². The predicted octanol–water partition coefficient (Wildman–Crippen LogP) is 4.15. The van der Waals surface area contributed by atoms with Gasteiger partial charge in [0.05, 0.1) is 0 Å². The number of rotatable bonds is 14. The fraction of sp³-hybridized carbons (Fsp3) is 1.00. The van der Waals surface area contributed by atoms with E-state index in [0.29, 0.717) is 0 Å². The third kappa shape index (κ3) is 45.3. The molecular weight excluding hydrogens is 342 g/mol. The standard InChI is InChI=1S/C16H34O.K.H3O4P.H/c1-3-5-7-9-11-13-15-17-16-14-12-10-8-6-4-2;;1-5(2,3)4;/h3-16H2,1-2H3;;(H3,1,2,3,4);. The first kappa shape index (κ1) is 29.5. The average molecular weight is 381 g/mol. The maximum absolute atomic E-state index is 8.88. The third-order valence-corrected chi connectivity index (χ3v) is 3.28. The van der Waals surface area contributed by atoms with Crippen LogP contribution in [0.25, 0.3) is 0 Å². The van der Waals surface area contributed by atoms with Gasteiger partial charge in [0.25, 0.3) is 0 Å². The molecule has 0 saturated heterocycles. The minimum atomic E-state index is -4.64.